The van der Waals surface area contributed by atoms with Gasteiger partial charge in [-0.05, 0) is 12.8 Å². The van der Waals surface area contributed by atoms with E-state index in [1.807, 2.05) is 12.3 Å². The minimum absolute atomic E-state index is 0.0899. The molecule has 0 saturated carbocycles. The van der Waals surface area contributed by atoms with E-state index >= 15 is 0 Å². The molecule has 1 amide bonds. The standard InChI is InChI=1S/C11H19N3OS/c1-3-5-9(12)11(15)13-6-8-7-16-10(4-2)14-8/h7,9H,3-6,12H2,1-2H3,(H,13,15). The minimum atomic E-state index is -0.394. The predicted octanol–water partition coefficient (Wildman–Crippen LogP) is 1.45. The zero-order chi connectivity index (χ0) is 12.0. The Morgan fingerprint density at radius 3 is 2.94 bits per heavy atom. The molecule has 1 aromatic rings. The topological polar surface area (TPSA) is 68.0 Å². The fraction of sp³-hybridized carbons (Fsp3) is 0.636. The van der Waals surface area contributed by atoms with Crippen LogP contribution in [0, 0.1) is 0 Å². The van der Waals surface area contributed by atoms with E-state index in [-0.39, 0.29) is 5.91 Å². The van der Waals surface area contributed by atoms with Crippen LogP contribution < -0.4 is 11.1 Å². The first-order valence-corrected chi connectivity index (χ1v) is 6.51. The zero-order valence-electron chi connectivity index (χ0n) is 9.82. The van der Waals surface area contributed by atoms with Crippen LogP contribution in [0.1, 0.15) is 37.4 Å². The molecule has 3 N–H and O–H groups in total. The molecule has 16 heavy (non-hydrogen) atoms. The van der Waals surface area contributed by atoms with Crippen molar-refractivity contribution in [2.24, 2.45) is 5.73 Å². The Hall–Kier alpha value is -0.940. The highest BCUT2D eigenvalue weighted by Crippen LogP contribution is 2.09. The highest BCUT2D eigenvalue weighted by atomic mass is 32.1. The van der Waals surface area contributed by atoms with Crippen LogP contribution in [0.4, 0.5) is 0 Å². The van der Waals surface area contributed by atoms with Gasteiger partial charge in [0.1, 0.15) is 0 Å². The third-order valence-electron chi connectivity index (χ3n) is 2.28. The van der Waals surface area contributed by atoms with E-state index in [0.29, 0.717) is 6.54 Å². The number of hydrogen-bond donors (Lipinski definition) is 2. The van der Waals surface area contributed by atoms with Crippen molar-refractivity contribution in [3.8, 4) is 0 Å². The van der Waals surface area contributed by atoms with Gasteiger partial charge in [-0.3, -0.25) is 4.79 Å². The maximum atomic E-state index is 11.5. The van der Waals surface area contributed by atoms with Crippen LogP contribution in [-0.4, -0.2) is 16.9 Å². The maximum Gasteiger partial charge on any atom is 0.237 e. The quantitative estimate of drug-likeness (QED) is 0.792. The molecule has 0 aliphatic heterocycles. The third-order valence-corrected chi connectivity index (χ3v) is 3.32. The van der Waals surface area contributed by atoms with E-state index in [2.05, 4.69) is 17.2 Å². The first-order chi connectivity index (χ1) is 7.67. The number of carbonyl (C=O) groups excluding carboxylic acids is 1. The second-order valence-corrected chi connectivity index (χ2v) is 4.64. The highest BCUT2D eigenvalue weighted by Gasteiger charge is 2.11. The van der Waals surface area contributed by atoms with Crippen molar-refractivity contribution in [1.29, 1.82) is 0 Å². The first-order valence-electron chi connectivity index (χ1n) is 5.63. The summed E-state index contributed by atoms with van der Waals surface area (Å²) in [7, 11) is 0. The Labute approximate surface area is 100 Å². The summed E-state index contributed by atoms with van der Waals surface area (Å²) in [4.78, 5) is 15.9. The molecule has 0 spiro atoms. The summed E-state index contributed by atoms with van der Waals surface area (Å²) in [6.07, 6.45) is 2.59. The molecule has 0 aliphatic rings. The number of aromatic nitrogens is 1. The Morgan fingerprint density at radius 2 is 2.38 bits per heavy atom. The lowest BCUT2D eigenvalue weighted by Gasteiger charge is -2.09. The molecule has 1 atom stereocenters. The number of nitrogens with zero attached hydrogens (tertiary/aromatic N) is 1. The molecule has 4 nitrogen and oxygen atoms in total. The number of nitrogens with one attached hydrogen (secondary N) is 1. The highest BCUT2D eigenvalue weighted by molar-refractivity contribution is 7.09. The third kappa shape index (κ3) is 3.90. The van der Waals surface area contributed by atoms with Gasteiger partial charge >= 0.3 is 0 Å². The molecule has 1 rings (SSSR count). The monoisotopic (exact) mass is 241 g/mol. The van der Waals surface area contributed by atoms with Crippen LogP contribution in [0.3, 0.4) is 0 Å². The summed E-state index contributed by atoms with van der Waals surface area (Å²) >= 11 is 1.63. The molecule has 0 radical (unpaired) electrons. The molecular weight excluding hydrogens is 222 g/mol. The number of aryl methyl sites for hydroxylation is 1. The van der Waals surface area contributed by atoms with Crippen molar-refractivity contribution < 1.29 is 4.79 Å². The summed E-state index contributed by atoms with van der Waals surface area (Å²) in [5, 5.41) is 5.88. The number of nitrogens with two attached hydrogens (primary N) is 1. The van der Waals surface area contributed by atoms with Crippen molar-refractivity contribution in [1.82, 2.24) is 10.3 Å². The molecule has 5 heteroatoms. The number of rotatable bonds is 6. The van der Waals surface area contributed by atoms with E-state index in [0.717, 1.165) is 30.0 Å². The number of thiazole rings is 1. The molecule has 0 saturated heterocycles. The van der Waals surface area contributed by atoms with Crippen LogP contribution in [0.15, 0.2) is 5.38 Å². The Kier molecular flexibility index (Phi) is 5.42. The second-order valence-electron chi connectivity index (χ2n) is 3.70. The molecule has 1 aromatic heterocycles. The fourth-order valence-corrected chi connectivity index (χ4v) is 2.09. The van der Waals surface area contributed by atoms with Crippen molar-refractivity contribution in [2.45, 2.75) is 45.7 Å². The van der Waals surface area contributed by atoms with Crippen molar-refractivity contribution in [3.05, 3.63) is 16.1 Å². The lowest BCUT2D eigenvalue weighted by molar-refractivity contribution is -0.122. The van der Waals surface area contributed by atoms with Gasteiger partial charge in [-0.1, -0.05) is 20.3 Å². The Balaban J connectivity index is 2.36. The molecule has 1 heterocycles. The summed E-state index contributed by atoms with van der Waals surface area (Å²) in [5.74, 6) is -0.0899. The SMILES string of the molecule is CCCC(N)C(=O)NCc1csc(CC)n1. The minimum Gasteiger partial charge on any atom is -0.349 e. The molecule has 0 fully saturated rings. The van der Waals surface area contributed by atoms with Gasteiger partial charge in [0.05, 0.1) is 23.3 Å². The normalized spacial score (nSPS) is 12.4. The lowest BCUT2D eigenvalue weighted by Crippen LogP contribution is -2.40. The van der Waals surface area contributed by atoms with Crippen molar-refractivity contribution in [3.63, 3.8) is 0 Å². The van der Waals surface area contributed by atoms with Crippen LogP contribution in [0.2, 0.25) is 0 Å². The fourth-order valence-electron chi connectivity index (χ4n) is 1.34. The van der Waals surface area contributed by atoms with Gasteiger partial charge < -0.3 is 11.1 Å². The van der Waals surface area contributed by atoms with Gasteiger partial charge in [0.15, 0.2) is 0 Å². The van der Waals surface area contributed by atoms with Crippen LogP contribution in [0.5, 0.6) is 0 Å². The zero-order valence-corrected chi connectivity index (χ0v) is 10.6. The maximum absolute atomic E-state index is 11.5. The molecule has 0 aromatic carbocycles. The Bertz CT molecular complexity index is 338. The van der Waals surface area contributed by atoms with Crippen LogP contribution in [-0.2, 0) is 17.8 Å². The van der Waals surface area contributed by atoms with Gasteiger partial charge in [0, 0.05) is 5.38 Å². The summed E-state index contributed by atoms with van der Waals surface area (Å²) in [6.45, 7) is 4.56. The lowest BCUT2D eigenvalue weighted by atomic mass is 10.2. The second kappa shape index (κ2) is 6.60. The van der Waals surface area contributed by atoms with Gasteiger partial charge in [-0.25, -0.2) is 4.98 Å². The molecule has 1 unspecified atom stereocenters. The van der Waals surface area contributed by atoms with E-state index < -0.39 is 6.04 Å². The summed E-state index contributed by atoms with van der Waals surface area (Å²) in [6, 6.07) is -0.394. The van der Waals surface area contributed by atoms with E-state index in [4.69, 9.17) is 5.73 Å². The molecule has 90 valence electrons. The number of hydrogen-bond acceptors (Lipinski definition) is 4. The van der Waals surface area contributed by atoms with Crippen LogP contribution >= 0.6 is 11.3 Å². The van der Waals surface area contributed by atoms with Gasteiger partial charge in [0.2, 0.25) is 5.91 Å². The van der Waals surface area contributed by atoms with Crippen LogP contribution in [0.25, 0.3) is 0 Å². The average molecular weight is 241 g/mol. The number of carbonyl (C=O) groups is 1. The number of amides is 1. The van der Waals surface area contributed by atoms with Gasteiger partial charge in [-0.15, -0.1) is 11.3 Å². The molecule has 0 bridgehead atoms. The van der Waals surface area contributed by atoms with E-state index in [9.17, 15) is 4.79 Å². The smallest absolute Gasteiger partial charge is 0.237 e. The Morgan fingerprint density at radius 1 is 1.62 bits per heavy atom. The van der Waals surface area contributed by atoms with E-state index in [1.54, 1.807) is 11.3 Å². The van der Waals surface area contributed by atoms with Crippen molar-refractivity contribution in [2.75, 3.05) is 0 Å². The summed E-state index contributed by atoms with van der Waals surface area (Å²) < 4.78 is 0. The predicted molar refractivity (Wildman–Crippen MR) is 66.2 cm³/mol. The first kappa shape index (κ1) is 13.1. The summed E-state index contributed by atoms with van der Waals surface area (Å²) in [5.41, 5.74) is 6.61. The molecule has 0 aliphatic carbocycles. The largest absolute Gasteiger partial charge is 0.349 e. The van der Waals surface area contributed by atoms with E-state index in [1.165, 1.54) is 0 Å². The average Bonchev–Trinajstić information content (AvgIpc) is 2.74. The van der Waals surface area contributed by atoms with Gasteiger partial charge in [0.25, 0.3) is 0 Å². The van der Waals surface area contributed by atoms with Crippen molar-refractivity contribution >= 4 is 17.2 Å². The molecular formula is C11H19N3OS. The van der Waals surface area contributed by atoms with Gasteiger partial charge in [-0.2, -0.15) is 0 Å².